The third-order valence-electron chi connectivity index (χ3n) is 8.90. The topological polar surface area (TPSA) is 105 Å². The van der Waals surface area contributed by atoms with E-state index in [9.17, 15) is 15.0 Å². The van der Waals surface area contributed by atoms with Crippen LogP contribution in [0.3, 0.4) is 0 Å². The molecule has 2 amide bonds. The lowest BCUT2D eigenvalue weighted by molar-refractivity contribution is -0.884. The molecule has 0 aromatic heterocycles. The number of benzene rings is 1. The fraction of sp³-hybridized carbons (Fsp3) is 0.750. The number of rotatable bonds is 12. The number of amides is 2. The van der Waals surface area contributed by atoms with Crippen molar-refractivity contribution >= 4 is 17.6 Å². The number of quaternary nitrogens is 1. The van der Waals surface area contributed by atoms with Gasteiger partial charge in [-0.25, -0.2) is 13.7 Å². The highest BCUT2D eigenvalue weighted by Crippen LogP contribution is 2.44. The highest BCUT2D eigenvalue weighted by atomic mass is 35.5. The summed E-state index contributed by atoms with van der Waals surface area (Å²) < 4.78 is 20.6. The van der Waals surface area contributed by atoms with Crippen molar-refractivity contribution in [3.63, 3.8) is 0 Å². The van der Waals surface area contributed by atoms with Crippen molar-refractivity contribution < 1.29 is 28.6 Å². The Balaban J connectivity index is 1.94. The minimum Gasteiger partial charge on any atom is -0.393 e. The summed E-state index contributed by atoms with van der Waals surface area (Å²) in [5.74, 6) is -0.555. The van der Waals surface area contributed by atoms with E-state index in [2.05, 4.69) is 5.32 Å². The molecule has 1 aromatic carbocycles. The normalized spacial score (nSPS) is 29.0. The molecule has 4 atom stereocenters. The van der Waals surface area contributed by atoms with Crippen LogP contribution in [0.4, 0.5) is 9.18 Å². The van der Waals surface area contributed by atoms with Crippen LogP contribution in [0.1, 0.15) is 69.8 Å². The number of hydrogen-bond donors (Lipinski definition) is 4. The lowest BCUT2D eigenvalue weighted by Gasteiger charge is -2.50. The number of nitrogens with one attached hydrogen (secondary N) is 1. The Morgan fingerprint density at radius 1 is 1.30 bits per heavy atom. The molecule has 2 fully saturated rings. The van der Waals surface area contributed by atoms with Gasteiger partial charge in [-0.3, -0.25) is 0 Å². The van der Waals surface area contributed by atoms with Crippen molar-refractivity contribution in [3.05, 3.63) is 34.6 Å². The molecule has 1 heterocycles. The number of piperidine rings is 1. The van der Waals surface area contributed by atoms with E-state index in [-0.39, 0.29) is 33.1 Å². The number of aliphatic hydroxyl groups excluding tert-OH is 1. The number of nitrogens with two attached hydrogens (primary N) is 1. The molecule has 5 N–H and O–H groups in total. The van der Waals surface area contributed by atoms with Gasteiger partial charge in [0.25, 0.3) is 0 Å². The smallest absolute Gasteiger partial charge is 0.393 e. The number of carbonyl (C=O) groups is 1. The molecule has 210 valence electrons. The summed E-state index contributed by atoms with van der Waals surface area (Å²) in [6, 6.07) is 4.31. The van der Waals surface area contributed by atoms with Crippen molar-refractivity contribution in [2.75, 3.05) is 40.4 Å². The third kappa shape index (κ3) is 7.02. The van der Waals surface area contributed by atoms with Crippen LogP contribution >= 0.6 is 11.6 Å². The zero-order valence-electron chi connectivity index (χ0n) is 22.4. The van der Waals surface area contributed by atoms with Crippen molar-refractivity contribution in [2.24, 2.45) is 17.6 Å². The number of nitrogens with zero attached hydrogens (tertiary/aromatic N) is 1. The molecule has 3 rings (SSSR count). The Morgan fingerprint density at radius 2 is 2.03 bits per heavy atom. The van der Waals surface area contributed by atoms with Crippen LogP contribution in [-0.4, -0.2) is 73.3 Å². The molecule has 1 aliphatic heterocycles. The highest BCUT2D eigenvalue weighted by Gasteiger charge is 2.53. The van der Waals surface area contributed by atoms with Gasteiger partial charge in [0, 0.05) is 38.2 Å². The number of urea groups is 1. The molecule has 7 nitrogen and oxygen atoms in total. The fourth-order valence-electron chi connectivity index (χ4n) is 6.80. The van der Waals surface area contributed by atoms with E-state index in [1.165, 1.54) is 6.07 Å². The number of likely N-dealkylation sites (N-methyl/N-ethyl adjacent to an activating group) is 1. The summed E-state index contributed by atoms with van der Waals surface area (Å²) in [5.41, 5.74) is 4.88. The molecule has 0 bridgehead atoms. The average molecular weight is 543 g/mol. The number of carbonyl (C=O) groups excluding carboxylic acids is 1. The van der Waals surface area contributed by atoms with Gasteiger partial charge in [0.05, 0.1) is 24.2 Å². The second kappa shape index (κ2) is 13.7. The third-order valence-corrected chi connectivity index (χ3v) is 9.20. The first-order valence-corrected chi connectivity index (χ1v) is 14.2. The summed E-state index contributed by atoms with van der Waals surface area (Å²) in [5, 5.41) is 25.5. The van der Waals surface area contributed by atoms with Crippen LogP contribution < -0.4 is 11.1 Å². The molecule has 1 unspecified atom stereocenters. The molecular formula is C28H46ClFN3O4+. The number of unbranched alkanes of at least 4 members (excludes halogenated alkanes) is 1. The standard InChI is InChI=1S/C28H45ClFN3O4/c1-32-18-22(17-20-10-12-23(34)13-11-20)33(27(31)35)15-6-7-21(19-33)28(36,14-3-4-16-37-2)24-8-5-9-25(29)26(24)30/h5,8-9,20-23,32,34,36H,3-4,6-7,10-19H2,1-2H3,(H-,31,35)/p+1/t20-,21-,22+,23+,28+,33?/m1/s1. The van der Waals surface area contributed by atoms with Gasteiger partial charge in [0.15, 0.2) is 0 Å². The lowest BCUT2D eigenvalue weighted by Crippen LogP contribution is -2.69. The highest BCUT2D eigenvalue weighted by molar-refractivity contribution is 6.30. The van der Waals surface area contributed by atoms with Crippen LogP contribution in [0.15, 0.2) is 18.2 Å². The number of hydrogen-bond acceptors (Lipinski definition) is 5. The van der Waals surface area contributed by atoms with Crippen LogP contribution in [0.2, 0.25) is 5.02 Å². The van der Waals surface area contributed by atoms with Crippen molar-refractivity contribution in [1.82, 2.24) is 5.32 Å². The summed E-state index contributed by atoms with van der Waals surface area (Å²) in [6.45, 7) is 2.13. The monoisotopic (exact) mass is 542 g/mol. The molecule has 1 saturated heterocycles. The first kappa shape index (κ1) is 30.3. The van der Waals surface area contributed by atoms with E-state index < -0.39 is 17.4 Å². The van der Waals surface area contributed by atoms with Gasteiger partial charge in [-0.15, -0.1) is 0 Å². The first-order chi connectivity index (χ1) is 17.7. The summed E-state index contributed by atoms with van der Waals surface area (Å²) in [6.07, 6.45) is 7.11. The summed E-state index contributed by atoms with van der Waals surface area (Å²) >= 11 is 6.15. The second-order valence-corrected chi connectivity index (χ2v) is 11.6. The Morgan fingerprint density at radius 3 is 2.68 bits per heavy atom. The first-order valence-electron chi connectivity index (χ1n) is 13.8. The van der Waals surface area contributed by atoms with Gasteiger partial charge in [-0.05, 0) is 76.8 Å². The average Bonchev–Trinajstić information content (AvgIpc) is 2.89. The minimum absolute atomic E-state index is 0.0215. The fourth-order valence-corrected chi connectivity index (χ4v) is 6.97. The predicted molar refractivity (Wildman–Crippen MR) is 144 cm³/mol. The second-order valence-electron chi connectivity index (χ2n) is 11.2. The van der Waals surface area contributed by atoms with Gasteiger partial charge < -0.3 is 26.0 Å². The quantitative estimate of drug-likeness (QED) is 0.232. The Labute approximate surface area is 226 Å². The maximum atomic E-state index is 15.4. The van der Waals surface area contributed by atoms with Crippen LogP contribution in [-0.2, 0) is 10.3 Å². The molecule has 1 saturated carbocycles. The molecule has 2 aliphatic rings. The van der Waals surface area contributed by atoms with E-state index in [1.807, 2.05) is 7.05 Å². The zero-order valence-corrected chi connectivity index (χ0v) is 23.2. The van der Waals surface area contributed by atoms with Gasteiger partial charge in [-0.1, -0.05) is 23.7 Å². The number of primary amides is 1. The SMILES string of the molecule is CNC[C@H](C[C@H]1CC[C@@H](O)CC1)[N+]1(C(N)=O)CCC[C@@H]([C@@](O)(CCCCOC)c2cccc(Cl)c2F)C1. The van der Waals surface area contributed by atoms with Gasteiger partial charge in [0.1, 0.15) is 17.5 Å². The van der Waals surface area contributed by atoms with Gasteiger partial charge in [0.2, 0.25) is 0 Å². The van der Waals surface area contributed by atoms with Crippen molar-refractivity contribution in [2.45, 2.75) is 82.0 Å². The zero-order chi connectivity index (χ0) is 27.1. The van der Waals surface area contributed by atoms with E-state index in [0.29, 0.717) is 57.8 Å². The molecule has 1 aromatic rings. The number of likely N-dealkylation sites (tertiary alicyclic amines) is 1. The van der Waals surface area contributed by atoms with Gasteiger partial charge in [-0.2, -0.15) is 0 Å². The molecule has 0 radical (unpaired) electrons. The number of methoxy groups -OCH3 is 1. The van der Waals surface area contributed by atoms with Crippen LogP contribution in [0, 0.1) is 17.7 Å². The predicted octanol–water partition coefficient (Wildman–Crippen LogP) is 4.32. The van der Waals surface area contributed by atoms with E-state index in [0.717, 1.165) is 38.5 Å². The van der Waals surface area contributed by atoms with E-state index >= 15 is 4.39 Å². The number of halogens is 2. The number of ether oxygens (including phenoxy) is 1. The minimum atomic E-state index is -1.48. The molecule has 0 spiro atoms. The number of aliphatic hydroxyl groups is 2. The van der Waals surface area contributed by atoms with Crippen molar-refractivity contribution in [3.8, 4) is 0 Å². The molecular weight excluding hydrogens is 497 g/mol. The molecule has 1 aliphatic carbocycles. The van der Waals surface area contributed by atoms with E-state index in [4.69, 9.17) is 22.1 Å². The van der Waals surface area contributed by atoms with Gasteiger partial charge >= 0.3 is 6.03 Å². The Hall–Kier alpha value is -1.29. The van der Waals surface area contributed by atoms with Crippen LogP contribution in [0.5, 0.6) is 0 Å². The summed E-state index contributed by atoms with van der Waals surface area (Å²) in [4.78, 5) is 13.2. The van der Waals surface area contributed by atoms with Crippen LogP contribution in [0.25, 0.3) is 0 Å². The van der Waals surface area contributed by atoms with Crippen molar-refractivity contribution in [1.29, 1.82) is 0 Å². The molecule has 37 heavy (non-hydrogen) atoms. The van der Waals surface area contributed by atoms with E-state index in [1.54, 1.807) is 19.2 Å². The summed E-state index contributed by atoms with van der Waals surface area (Å²) in [7, 11) is 3.52. The Bertz CT molecular complexity index is 885. The maximum Gasteiger partial charge on any atom is 0.414 e. The Kier molecular flexibility index (Phi) is 11.2. The largest absolute Gasteiger partial charge is 0.414 e. The molecule has 9 heteroatoms. The maximum absolute atomic E-state index is 15.4. The lowest BCUT2D eigenvalue weighted by atomic mass is 9.72.